The zero-order chi connectivity index (χ0) is 18.9. The van der Waals surface area contributed by atoms with Crippen LogP contribution in [-0.4, -0.2) is 31.9 Å². The van der Waals surface area contributed by atoms with Crippen molar-refractivity contribution in [3.63, 3.8) is 0 Å². The van der Waals surface area contributed by atoms with Crippen LogP contribution < -0.4 is 5.73 Å². The summed E-state index contributed by atoms with van der Waals surface area (Å²) in [5.74, 6) is -0.339. The summed E-state index contributed by atoms with van der Waals surface area (Å²) in [6.07, 6.45) is 0. The van der Waals surface area contributed by atoms with Gasteiger partial charge in [0.1, 0.15) is 0 Å². The predicted octanol–water partition coefficient (Wildman–Crippen LogP) is 3.59. The van der Waals surface area contributed by atoms with Gasteiger partial charge in [0.2, 0.25) is 0 Å². The Morgan fingerprint density at radius 2 is 1.81 bits per heavy atom. The molecule has 0 spiro atoms. The van der Waals surface area contributed by atoms with Crippen LogP contribution in [0.15, 0.2) is 59.5 Å². The Kier molecular flexibility index (Phi) is 5.40. The minimum Gasteiger partial charge on any atom is -0.393 e. The molecule has 2 aromatic carbocycles. The van der Waals surface area contributed by atoms with Gasteiger partial charge >= 0.3 is 0 Å². The van der Waals surface area contributed by atoms with Crippen molar-refractivity contribution in [2.45, 2.75) is 23.0 Å². The van der Waals surface area contributed by atoms with E-state index in [1.807, 2.05) is 37.3 Å². The van der Waals surface area contributed by atoms with E-state index in [0.717, 1.165) is 5.56 Å². The number of ether oxygens (including phenoxy) is 1. The van der Waals surface area contributed by atoms with E-state index in [1.54, 1.807) is 12.1 Å². The van der Waals surface area contributed by atoms with E-state index < -0.39 is 20.5 Å². The molecule has 0 unspecified atom stereocenters. The van der Waals surface area contributed by atoms with Gasteiger partial charge in [-0.05, 0) is 36.8 Å². The molecule has 7 heteroatoms. The number of sulfone groups is 1. The lowest BCUT2D eigenvalue weighted by molar-refractivity contribution is 0.121. The van der Waals surface area contributed by atoms with Crippen molar-refractivity contribution in [3.05, 3.63) is 65.2 Å². The second kappa shape index (κ2) is 7.27. The molecule has 0 bridgehead atoms. The molecule has 1 aliphatic rings. The first-order chi connectivity index (χ1) is 12.4. The normalized spacial score (nSPS) is 25.0. The Hall–Kier alpha value is -1.47. The quantitative estimate of drug-likeness (QED) is 0.707. The zero-order valence-electron chi connectivity index (χ0n) is 14.3. The van der Waals surface area contributed by atoms with Crippen molar-refractivity contribution in [2.75, 3.05) is 13.2 Å². The maximum Gasteiger partial charge on any atom is 0.182 e. The molecular weight excluding hydrogens is 390 g/mol. The molecular formula is C19H20ClNO3S2. The fourth-order valence-electron chi connectivity index (χ4n) is 3.57. The van der Waals surface area contributed by atoms with Gasteiger partial charge in [-0.15, -0.1) is 0 Å². The molecule has 0 radical (unpaired) electrons. The van der Waals surface area contributed by atoms with E-state index in [-0.39, 0.29) is 22.4 Å². The third-order valence-corrected chi connectivity index (χ3v) is 7.82. The Morgan fingerprint density at radius 1 is 1.19 bits per heavy atom. The predicted molar refractivity (Wildman–Crippen MR) is 107 cm³/mol. The maximum absolute atomic E-state index is 13.4. The number of nitrogens with two attached hydrogens (primary N) is 1. The van der Waals surface area contributed by atoms with Crippen LogP contribution in [0.4, 0.5) is 0 Å². The monoisotopic (exact) mass is 409 g/mol. The molecule has 0 saturated heterocycles. The van der Waals surface area contributed by atoms with E-state index in [9.17, 15) is 8.42 Å². The molecule has 2 aromatic rings. The van der Waals surface area contributed by atoms with Crippen molar-refractivity contribution in [3.8, 4) is 0 Å². The van der Waals surface area contributed by atoms with Gasteiger partial charge in [-0.3, -0.25) is 0 Å². The summed E-state index contributed by atoms with van der Waals surface area (Å²) in [6.45, 7) is 2.49. The molecule has 0 aromatic heterocycles. The minimum absolute atomic E-state index is 0.169. The first-order valence-corrected chi connectivity index (χ1v) is 10.6. The van der Waals surface area contributed by atoms with E-state index in [4.69, 9.17) is 34.3 Å². The number of hydrogen-bond donors (Lipinski definition) is 1. The van der Waals surface area contributed by atoms with Crippen LogP contribution in [0.1, 0.15) is 18.4 Å². The van der Waals surface area contributed by atoms with Crippen molar-refractivity contribution in [1.29, 1.82) is 0 Å². The van der Waals surface area contributed by atoms with Gasteiger partial charge in [0, 0.05) is 17.5 Å². The summed E-state index contributed by atoms with van der Waals surface area (Å²) in [6, 6.07) is 15.6. The zero-order valence-corrected chi connectivity index (χ0v) is 16.7. The second-order valence-electron chi connectivity index (χ2n) is 6.35. The fraction of sp³-hybridized carbons (Fsp3) is 0.316. The van der Waals surface area contributed by atoms with Gasteiger partial charge in [0.25, 0.3) is 0 Å². The number of benzene rings is 2. The fourth-order valence-corrected chi connectivity index (χ4v) is 6.47. The van der Waals surface area contributed by atoms with E-state index in [0.29, 0.717) is 11.6 Å². The molecule has 1 aliphatic carbocycles. The Balaban J connectivity index is 2.09. The number of rotatable bonds is 7. The molecule has 1 saturated carbocycles. The average Bonchev–Trinajstić information content (AvgIpc) is 3.32. The highest BCUT2D eigenvalue weighted by Gasteiger charge is 2.73. The summed E-state index contributed by atoms with van der Waals surface area (Å²) in [7, 11) is -3.67. The highest BCUT2D eigenvalue weighted by atomic mass is 35.5. The van der Waals surface area contributed by atoms with Crippen LogP contribution in [0.5, 0.6) is 0 Å². The van der Waals surface area contributed by atoms with E-state index in [1.165, 1.54) is 12.1 Å². The molecule has 3 rings (SSSR count). The lowest BCUT2D eigenvalue weighted by Gasteiger charge is -2.17. The number of thiocarbonyl (C=S) groups is 1. The van der Waals surface area contributed by atoms with Crippen LogP contribution >= 0.6 is 23.8 Å². The highest BCUT2D eigenvalue weighted by molar-refractivity contribution is 7.92. The molecule has 0 aliphatic heterocycles. The van der Waals surface area contributed by atoms with E-state index in [2.05, 4.69) is 0 Å². The molecule has 26 heavy (non-hydrogen) atoms. The van der Waals surface area contributed by atoms with Gasteiger partial charge < -0.3 is 10.5 Å². The third kappa shape index (κ3) is 3.16. The lowest BCUT2D eigenvalue weighted by Crippen LogP contribution is -2.33. The summed E-state index contributed by atoms with van der Waals surface area (Å²) in [4.78, 5) is 0.379. The molecule has 0 heterocycles. The van der Waals surface area contributed by atoms with Crippen molar-refractivity contribution in [1.82, 2.24) is 0 Å². The van der Waals surface area contributed by atoms with E-state index >= 15 is 0 Å². The molecule has 0 amide bonds. The minimum atomic E-state index is -3.67. The lowest BCUT2D eigenvalue weighted by atomic mass is 10.00. The van der Waals surface area contributed by atoms with Crippen molar-refractivity contribution < 1.29 is 13.2 Å². The number of halogens is 1. The second-order valence-corrected chi connectivity index (χ2v) is 9.30. The van der Waals surface area contributed by atoms with Gasteiger partial charge in [-0.2, -0.15) is 0 Å². The van der Waals surface area contributed by atoms with Crippen molar-refractivity contribution in [2.24, 2.45) is 11.1 Å². The highest BCUT2D eigenvalue weighted by Crippen LogP contribution is 2.64. The Morgan fingerprint density at radius 3 is 2.35 bits per heavy atom. The smallest absolute Gasteiger partial charge is 0.182 e. The first-order valence-electron chi connectivity index (χ1n) is 8.27. The summed E-state index contributed by atoms with van der Waals surface area (Å²) in [5, 5.41) is -0.281. The molecule has 2 N–H and O–H groups in total. The van der Waals surface area contributed by atoms with Gasteiger partial charge in [0.05, 0.1) is 27.2 Å². The molecule has 1 fully saturated rings. The van der Waals surface area contributed by atoms with Crippen LogP contribution in [-0.2, 0) is 14.6 Å². The average molecular weight is 410 g/mol. The standard InChI is InChI=1S/C19H20ClNO3S2/c1-2-24-12-19(18(21)25)16(13-6-4-3-5-7-13)17(19)26(22,23)15-10-8-14(20)9-11-15/h3-11,16-17H,2,12H2,1H3,(H2,21,25)/t16-,17-,19+/m0/s1. The summed E-state index contributed by atoms with van der Waals surface area (Å²) >= 11 is 11.2. The largest absolute Gasteiger partial charge is 0.393 e. The topological polar surface area (TPSA) is 69.4 Å². The molecule has 3 atom stereocenters. The van der Waals surface area contributed by atoms with Crippen molar-refractivity contribution >= 4 is 38.6 Å². The third-order valence-electron chi connectivity index (χ3n) is 4.90. The molecule has 4 nitrogen and oxygen atoms in total. The molecule has 138 valence electrons. The van der Waals surface area contributed by atoms with Crippen LogP contribution in [0.2, 0.25) is 5.02 Å². The van der Waals surface area contributed by atoms with Gasteiger partial charge in [-0.1, -0.05) is 54.2 Å². The SMILES string of the molecule is CCOC[C@@]1(C(N)=S)[C@@H](c2ccccc2)[C@@H]1S(=O)(=O)c1ccc(Cl)cc1. The number of hydrogen-bond acceptors (Lipinski definition) is 4. The maximum atomic E-state index is 13.4. The summed E-state index contributed by atoms with van der Waals surface area (Å²) in [5.41, 5.74) is 6.04. The Labute approximate surface area is 164 Å². The van der Waals surface area contributed by atoms with Gasteiger partial charge in [0.15, 0.2) is 9.84 Å². The summed E-state index contributed by atoms with van der Waals surface area (Å²) < 4.78 is 32.3. The first kappa shape index (κ1) is 19.3. The Bertz CT molecular complexity index is 900. The van der Waals surface area contributed by atoms with Crippen LogP contribution in [0.25, 0.3) is 0 Å². The van der Waals surface area contributed by atoms with Gasteiger partial charge in [-0.25, -0.2) is 8.42 Å². The van der Waals surface area contributed by atoms with Crippen LogP contribution in [0, 0.1) is 5.41 Å². The van der Waals surface area contributed by atoms with Crippen LogP contribution in [0.3, 0.4) is 0 Å².